The molecule has 0 aliphatic rings. The number of aliphatic hydroxyl groups is 1. The van der Waals surface area contributed by atoms with Gasteiger partial charge in [0.1, 0.15) is 0 Å². The van der Waals surface area contributed by atoms with Crippen molar-refractivity contribution in [3.05, 3.63) is 47.5 Å². The van der Waals surface area contributed by atoms with E-state index in [0.717, 1.165) is 16.3 Å². The molecule has 2 aromatic carbocycles. The molecule has 3 nitrogen and oxygen atoms in total. The van der Waals surface area contributed by atoms with Crippen molar-refractivity contribution in [2.75, 3.05) is 7.05 Å². The van der Waals surface area contributed by atoms with Gasteiger partial charge in [-0.1, -0.05) is 30.3 Å². The highest BCUT2D eigenvalue weighted by atomic mass is 16.3. The first-order valence-electron chi connectivity index (χ1n) is 5.11. The van der Waals surface area contributed by atoms with Gasteiger partial charge < -0.3 is 10.4 Å². The summed E-state index contributed by atoms with van der Waals surface area (Å²) in [6.07, 6.45) is 0. The third-order valence-electron chi connectivity index (χ3n) is 2.66. The van der Waals surface area contributed by atoms with E-state index in [1.165, 1.54) is 0 Å². The first-order valence-corrected chi connectivity index (χ1v) is 5.11. The van der Waals surface area contributed by atoms with E-state index < -0.39 is 0 Å². The highest BCUT2D eigenvalue weighted by molar-refractivity contribution is 6.07. The monoisotopic (exact) mass is 215 g/mol. The lowest BCUT2D eigenvalue weighted by molar-refractivity contribution is 0.0964. The van der Waals surface area contributed by atoms with E-state index in [1.807, 2.05) is 24.3 Å². The van der Waals surface area contributed by atoms with Crippen LogP contribution in [-0.4, -0.2) is 18.1 Å². The lowest BCUT2D eigenvalue weighted by Gasteiger charge is -2.08. The summed E-state index contributed by atoms with van der Waals surface area (Å²) in [7, 11) is 1.61. The fourth-order valence-corrected chi connectivity index (χ4v) is 1.83. The number of benzene rings is 2. The molecule has 2 aromatic rings. The molecule has 0 unspecified atom stereocenters. The van der Waals surface area contributed by atoms with Gasteiger partial charge in [0, 0.05) is 12.6 Å². The molecule has 3 heteroatoms. The van der Waals surface area contributed by atoms with Crippen molar-refractivity contribution in [1.29, 1.82) is 0 Å². The van der Waals surface area contributed by atoms with E-state index in [0.29, 0.717) is 5.56 Å². The molecule has 0 saturated heterocycles. The lowest BCUT2D eigenvalue weighted by atomic mass is 9.99. The number of carbonyl (C=O) groups is 1. The molecule has 0 saturated carbocycles. The van der Waals surface area contributed by atoms with Crippen LogP contribution in [0.15, 0.2) is 36.4 Å². The van der Waals surface area contributed by atoms with Gasteiger partial charge in [-0.05, 0) is 22.4 Å². The Morgan fingerprint density at radius 1 is 1.19 bits per heavy atom. The Morgan fingerprint density at radius 3 is 2.50 bits per heavy atom. The Morgan fingerprint density at radius 2 is 1.88 bits per heavy atom. The molecule has 0 spiro atoms. The van der Waals surface area contributed by atoms with Crippen molar-refractivity contribution >= 4 is 16.7 Å². The molecule has 2 N–H and O–H groups in total. The standard InChI is InChI=1S/C13H13NO2/c1-14-13(16)12-7-6-9(8-15)10-4-2-3-5-11(10)12/h2-7,15H,8H2,1H3,(H,14,16). The predicted octanol–water partition coefficient (Wildman–Crippen LogP) is 1.69. The summed E-state index contributed by atoms with van der Waals surface area (Å²) in [6, 6.07) is 11.1. The van der Waals surface area contributed by atoms with Gasteiger partial charge >= 0.3 is 0 Å². The second-order valence-corrected chi connectivity index (χ2v) is 3.56. The van der Waals surface area contributed by atoms with Crippen LogP contribution in [0.2, 0.25) is 0 Å². The van der Waals surface area contributed by atoms with Crippen molar-refractivity contribution in [1.82, 2.24) is 5.32 Å². The molecule has 2 rings (SSSR count). The number of hydrogen-bond donors (Lipinski definition) is 2. The predicted molar refractivity (Wildman–Crippen MR) is 63.3 cm³/mol. The van der Waals surface area contributed by atoms with Crippen molar-refractivity contribution in [3.8, 4) is 0 Å². The summed E-state index contributed by atoms with van der Waals surface area (Å²) in [4.78, 5) is 11.7. The minimum atomic E-state index is -0.110. The molecule has 0 aliphatic heterocycles. The third-order valence-corrected chi connectivity index (χ3v) is 2.66. The number of hydrogen-bond acceptors (Lipinski definition) is 2. The van der Waals surface area contributed by atoms with Gasteiger partial charge in [0.25, 0.3) is 5.91 Å². The number of rotatable bonds is 2. The van der Waals surface area contributed by atoms with Crippen molar-refractivity contribution < 1.29 is 9.90 Å². The zero-order valence-corrected chi connectivity index (χ0v) is 9.03. The average molecular weight is 215 g/mol. The molecule has 0 aromatic heterocycles. The van der Waals surface area contributed by atoms with Crippen LogP contribution in [0.4, 0.5) is 0 Å². The molecule has 0 atom stereocenters. The van der Waals surface area contributed by atoms with Gasteiger partial charge in [0.15, 0.2) is 0 Å². The van der Waals surface area contributed by atoms with Crippen LogP contribution in [0.5, 0.6) is 0 Å². The smallest absolute Gasteiger partial charge is 0.251 e. The largest absolute Gasteiger partial charge is 0.392 e. The quantitative estimate of drug-likeness (QED) is 0.801. The zero-order chi connectivity index (χ0) is 11.5. The summed E-state index contributed by atoms with van der Waals surface area (Å²) < 4.78 is 0. The number of carbonyl (C=O) groups excluding carboxylic acids is 1. The molecule has 0 bridgehead atoms. The summed E-state index contributed by atoms with van der Waals surface area (Å²) in [6.45, 7) is -0.0193. The summed E-state index contributed by atoms with van der Waals surface area (Å²) in [5.74, 6) is -0.110. The third kappa shape index (κ3) is 1.66. The van der Waals surface area contributed by atoms with Crippen LogP contribution < -0.4 is 5.32 Å². The van der Waals surface area contributed by atoms with Crippen LogP contribution in [0, 0.1) is 0 Å². The second kappa shape index (κ2) is 4.33. The SMILES string of the molecule is CNC(=O)c1ccc(CO)c2ccccc12. The topological polar surface area (TPSA) is 49.3 Å². The van der Waals surface area contributed by atoms with Gasteiger partial charge in [-0.25, -0.2) is 0 Å². The molecular formula is C13H13NO2. The second-order valence-electron chi connectivity index (χ2n) is 3.56. The first-order chi connectivity index (χ1) is 7.77. The van der Waals surface area contributed by atoms with Gasteiger partial charge in [0.05, 0.1) is 6.61 Å². The fraction of sp³-hybridized carbons (Fsp3) is 0.154. The Balaban J connectivity index is 2.74. The number of fused-ring (bicyclic) bond motifs is 1. The van der Waals surface area contributed by atoms with Crippen molar-refractivity contribution in [2.24, 2.45) is 0 Å². The maximum absolute atomic E-state index is 11.7. The van der Waals surface area contributed by atoms with E-state index in [2.05, 4.69) is 5.32 Å². The van der Waals surface area contributed by atoms with E-state index in [4.69, 9.17) is 0 Å². The van der Waals surface area contributed by atoms with Crippen molar-refractivity contribution in [2.45, 2.75) is 6.61 Å². The van der Waals surface area contributed by atoms with Gasteiger partial charge in [-0.15, -0.1) is 0 Å². The molecule has 0 radical (unpaired) electrons. The van der Waals surface area contributed by atoms with E-state index in [-0.39, 0.29) is 12.5 Å². The Hall–Kier alpha value is -1.87. The highest BCUT2D eigenvalue weighted by Crippen LogP contribution is 2.22. The normalized spacial score (nSPS) is 10.4. The van der Waals surface area contributed by atoms with Gasteiger partial charge in [0.2, 0.25) is 0 Å². The molecule has 0 heterocycles. The highest BCUT2D eigenvalue weighted by Gasteiger charge is 2.09. The maximum atomic E-state index is 11.7. The zero-order valence-electron chi connectivity index (χ0n) is 9.03. The number of nitrogens with one attached hydrogen (secondary N) is 1. The van der Waals surface area contributed by atoms with Crippen molar-refractivity contribution in [3.63, 3.8) is 0 Å². The molecule has 1 amide bonds. The maximum Gasteiger partial charge on any atom is 0.251 e. The van der Waals surface area contributed by atoms with Crippen LogP contribution in [0.3, 0.4) is 0 Å². The summed E-state index contributed by atoms with van der Waals surface area (Å²) >= 11 is 0. The molecule has 0 aliphatic carbocycles. The van der Waals surface area contributed by atoms with E-state index in [9.17, 15) is 9.90 Å². The first kappa shape index (κ1) is 10.6. The molecule has 16 heavy (non-hydrogen) atoms. The van der Waals surface area contributed by atoms with Gasteiger partial charge in [-0.3, -0.25) is 4.79 Å². The Bertz CT molecular complexity index is 534. The number of amides is 1. The molecule has 0 fully saturated rings. The molecular weight excluding hydrogens is 202 g/mol. The van der Waals surface area contributed by atoms with E-state index >= 15 is 0 Å². The van der Waals surface area contributed by atoms with Crippen LogP contribution in [0.25, 0.3) is 10.8 Å². The Labute approximate surface area is 93.7 Å². The lowest BCUT2D eigenvalue weighted by Crippen LogP contribution is -2.18. The van der Waals surface area contributed by atoms with Crippen LogP contribution in [-0.2, 0) is 6.61 Å². The van der Waals surface area contributed by atoms with Crippen LogP contribution in [0.1, 0.15) is 15.9 Å². The summed E-state index contributed by atoms with van der Waals surface area (Å²) in [5, 5.41) is 13.6. The van der Waals surface area contributed by atoms with Crippen LogP contribution >= 0.6 is 0 Å². The minimum Gasteiger partial charge on any atom is -0.392 e. The Kier molecular flexibility index (Phi) is 2.88. The average Bonchev–Trinajstić information content (AvgIpc) is 2.36. The fourth-order valence-electron chi connectivity index (χ4n) is 1.83. The summed E-state index contributed by atoms with van der Waals surface area (Å²) in [5.41, 5.74) is 1.47. The molecule has 82 valence electrons. The van der Waals surface area contributed by atoms with E-state index in [1.54, 1.807) is 19.2 Å². The minimum absolute atomic E-state index is 0.0193. The number of aliphatic hydroxyl groups excluding tert-OH is 1. The van der Waals surface area contributed by atoms with Gasteiger partial charge in [-0.2, -0.15) is 0 Å².